The average molecular weight is 553 g/mol. The van der Waals surface area contributed by atoms with Gasteiger partial charge in [-0.1, -0.05) is 6.07 Å². The van der Waals surface area contributed by atoms with Gasteiger partial charge < -0.3 is 14.2 Å². The molecule has 0 aliphatic rings. The van der Waals surface area contributed by atoms with Crippen LogP contribution >= 0.6 is 0 Å². The van der Waals surface area contributed by atoms with Crippen LogP contribution in [-0.2, 0) is 20.3 Å². The smallest absolute Gasteiger partial charge is 0.170 e. The Morgan fingerprint density at radius 2 is 1.69 bits per heavy atom. The standard InChI is InChI=1S/C27H32N6O5S/c1-7-38-26(21-15-29-18(3)13-30-21)19(4)39(34,35)16-24-31-32-27(20-11-17(2)12-28-14-20)33(24)25-22(36-5)9-8-10-23(25)37-6/h8-15,19,26H,7,16H2,1-6H3/t19-,26+/m0/s1. The number of aromatic nitrogens is 6. The maximum absolute atomic E-state index is 13.9. The molecule has 11 nitrogen and oxygen atoms in total. The molecule has 0 bridgehead atoms. The van der Waals surface area contributed by atoms with E-state index in [1.54, 1.807) is 61.4 Å². The quantitative estimate of drug-likeness (QED) is 0.270. The number of para-hydroxylation sites is 1. The number of pyridine rings is 1. The lowest BCUT2D eigenvalue weighted by Crippen LogP contribution is -2.30. The van der Waals surface area contributed by atoms with Crippen molar-refractivity contribution in [2.24, 2.45) is 0 Å². The molecule has 0 radical (unpaired) electrons. The molecular weight excluding hydrogens is 520 g/mol. The molecule has 4 aromatic rings. The van der Waals surface area contributed by atoms with Gasteiger partial charge in [0.25, 0.3) is 0 Å². The van der Waals surface area contributed by atoms with E-state index < -0.39 is 26.9 Å². The minimum Gasteiger partial charge on any atom is -0.494 e. The number of hydrogen-bond donors (Lipinski definition) is 0. The normalized spacial score (nSPS) is 13.2. The fraction of sp³-hybridized carbons (Fsp3) is 0.370. The van der Waals surface area contributed by atoms with Crippen LogP contribution in [0.25, 0.3) is 17.1 Å². The Hall–Kier alpha value is -3.90. The van der Waals surface area contributed by atoms with Crippen molar-refractivity contribution >= 4 is 9.84 Å². The highest BCUT2D eigenvalue weighted by Crippen LogP contribution is 2.37. The van der Waals surface area contributed by atoms with Gasteiger partial charge in [-0.15, -0.1) is 10.2 Å². The largest absolute Gasteiger partial charge is 0.494 e. The first-order valence-electron chi connectivity index (χ1n) is 12.4. The highest BCUT2D eigenvalue weighted by molar-refractivity contribution is 7.91. The van der Waals surface area contributed by atoms with E-state index in [0.717, 1.165) is 11.3 Å². The molecular formula is C27H32N6O5S. The topological polar surface area (TPSA) is 131 Å². The fourth-order valence-corrected chi connectivity index (χ4v) is 5.66. The molecule has 2 atom stereocenters. The number of rotatable bonds is 11. The molecule has 12 heteroatoms. The van der Waals surface area contributed by atoms with Gasteiger partial charge in [-0.3, -0.25) is 19.5 Å². The molecule has 0 fully saturated rings. The van der Waals surface area contributed by atoms with Crippen LogP contribution in [0.4, 0.5) is 0 Å². The monoisotopic (exact) mass is 552 g/mol. The van der Waals surface area contributed by atoms with Crippen LogP contribution in [0.2, 0.25) is 0 Å². The fourth-order valence-electron chi connectivity index (χ4n) is 4.25. The Morgan fingerprint density at radius 1 is 0.974 bits per heavy atom. The maximum atomic E-state index is 13.9. The molecule has 206 valence electrons. The number of hydrogen-bond acceptors (Lipinski definition) is 10. The molecule has 0 saturated carbocycles. The molecule has 0 spiro atoms. The summed E-state index contributed by atoms with van der Waals surface area (Å²) in [5.74, 6) is 1.09. The molecule has 0 aliphatic heterocycles. The second-order valence-electron chi connectivity index (χ2n) is 9.01. The van der Waals surface area contributed by atoms with E-state index in [2.05, 4.69) is 25.1 Å². The van der Waals surface area contributed by atoms with Gasteiger partial charge in [0.2, 0.25) is 0 Å². The molecule has 0 unspecified atom stereocenters. The van der Waals surface area contributed by atoms with Gasteiger partial charge in [-0.2, -0.15) is 0 Å². The van der Waals surface area contributed by atoms with Crippen molar-refractivity contribution < 1.29 is 22.6 Å². The first-order valence-corrected chi connectivity index (χ1v) is 14.1. The van der Waals surface area contributed by atoms with E-state index in [1.807, 2.05) is 19.9 Å². The zero-order valence-electron chi connectivity index (χ0n) is 22.8. The number of methoxy groups -OCH3 is 2. The molecule has 4 rings (SSSR count). The molecule has 3 heterocycles. The molecule has 0 amide bonds. The average Bonchev–Trinajstić information content (AvgIpc) is 3.33. The predicted octanol–water partition coefficient (Wildman–Crippen LogP) is 3.83. The number of nitrogens with zero attached hydrogens (tertiary/aromatic N) is 6. The van der Waals surface area contributed by atoms with E-state index in [4.69, 9.17) is 14.2 Å². The lowest BCUT2D eigenvalue weighted by atomic mass is 10.2. The van der Waals surface area contributed by atoms with E-state index in [-0.39, 0.29) is 5.82 Å². The van der Waals surface area contributed by atoms with E-state index >= 15 is 0 Å². The number of ether oxygens (including phenoxy) is 3. The summed E-state index contributed by atoms with van der Waals surface area (Å²) in [7, 11) is -0.789. The van der Waals surface area contributed by atoms with Gasteiger partial charge >= 0.3 is 0 Å². The van der Waals surface area contributed by atoms with Crippen LogP contribution in [0.5, 0.6) is 11.5 Å². The van der Waals surface area contributed by atoms with Gasteiger partial charge in [-0.05, 0) is 51.5 Å². The maximum Gasteiger partial charge on any atom is 0.170 e. The summed E-state index contributed by atoms with van der Waals surface area (Å²) in [5.41, 5.74) is 3.22. The second-order valence-corrected chi connectivity index (χ2v) is 11.4. The van der Waals surface area contributed by atoms with Crippen molar-refractivity contribution in [3.63, 3.8) is 0 Å². The van der Waals surface area contributed by atoms with Crippen LogP contribution in [0.1, 0.15) is 42.7 Å². The zero-order valence-corrected chi connectivity index (χ0v) is 23.6. The number of sulfone groups is 1. The lowest BCUT2D eigenvalue weighted by molar-refractivity contribution is 0.0586. The molecule has 0 N–H and O–H groups in total. The van der Waals surface area contributed by atoms with Crippen LogP contribution in [0.15, 0.2) is 49.1 Å². The van der Waals surface area contributed by atoms with Crippen LogP contribution in [-0.4, -0.2) is 64.2 Å². The molecule has 39 heavy (non-hydrogen) atoms. The second kappa shape index (κ2) is 11.9. The highest BCUT2D eigenvalue weighted by atomic mass is 32.2. The molecule has 1 aromatic carbocycles. The Morgan fingerprint density at radius 3 is 2.28 bits per heavy atom. The lowest BCUT2D eigenvalue weighted by Gasteiger charge is -2.23. The zero-order chi connectivity index (χ0) is 28.2. The van der Waals surface area contributed by atoms with Crippen molar-refractivity contribution in [2.45, 2.75) is 44.8 Å². The van der Waals surface area contributed by atoms with E-state index in [1.165, 1.54) is 14.2 Å². The summed E-state index contributed by atoms with van der Waals surface area (Å²) < 4.78 is 46.5. The third kappa shape index (κ3) is 5.91. The van der Waals surface area contributed by atoms with Crippen LogP contribution in [0.3, 0.4) is 0 Å². The Labute approximate surface area is 228 Å². The van der Waals surface area contributed by atoms with Gasteiger partial charge in [0.05, 0.1) is 37.1 Å². The summed E-state index contributed by atoms with van der Waals surface area (Å²) in [6, 6.07) is 7.21. The third-order valence-corrected chi connectivity index (χ3v) is 8.29. The SMILES string of the molecule is CCO[C@@H](c1cnc(C)cn1)[C@H](C)S(=O)(=O)Cc1nnc(-c2cncc(C)c2)n1-c1c(OC)cccc1OC. The summed E-state index contributed by atoms with van der Waals surface area (Å²) in [6.45, 7) is 7.44. The van der Waals surface area contributed by atoms with Gasteiger partial charge in [-0.25, -0.2) is 8.42 Å². The van der Waals surface area contributed by atoms with Gasteiger partial charge in [0.1, 0.15) is 29.0 Å². The van der Waals surface area contributed by atoms with Gasteiger partial charge in [0.15, 0.2) is 21.5 Å². The molecule has 0 aliphatic carbocycles. The van der Waals surface area contributed by atoms with Crippen molar-refractivity contribution in [1.82, 2.24) is 29.7 Å². The Kier molecular flexibility index (Phi) is 8.56. The number of benzene rings is 1. The van der Waals surface area contributed by atoms with Crippen LogP contribution < -0.4 is 9.47 Å². The summed E-state index contributed by atoms with van der Waals surface area (Å²) in [6.07, 6.45) is 5.70. The van der Waals surface area contributed by atoms with Crippen molar-refractivity contribution in [3.05, 3.63) is 71.8 Å². The van der Waals surface area contributed by atoms with Crippen LogP contribution in [0, 0.1) is 13.8 Å². The van der Waals surface area contributed by atoms with E-state index in [9.17, 15) is 8.42 Å². The van der Waals surface area contributed by atoms with Crippen molar-refractivity contribution in [2.75, 3.05) is 20.8 Å². The third-order valence-electron chi connectivity index (χ3n) is 6.25. The summed E-state index contributed by atoms with van der Waals surface area (Å²) in [4.78, 5) is 12.9. The Balaban J connectivity index is 1.84. The first kappa shape index (κ1) is 28.1. The molecule has 0 saturated heterocycles. The highest BCUT2D eigenvalue weighted by Gasteiger charge is 2.35. The van der Waals surface area contributed by atoms with Crippen molar-refractivity contribution in [1.29, 1.82) is 0 Å². The predicted molar refractivity (Wildman–Crippen MR) is 146 cm³/mol. The summed E-state index contributed by atoms with van der Waals surface area (Å²) in [5, 5.41) is 7.77. The van der Waals surface area contributed by atoms with Gasteiger partial charge in [0, 0.05) is 30.8 Å². The van der Waals surface area contributed by atoms with E-state index in [0.29, 0.717) is 40.9 Å². The van der Waals surface area contributed by atoms with Crippen molar-refractivity contribution in [3.8, 4) is 28.6 Å². The first-order chi connectivity index (χ1) is 18.7. The number of aryl methyl sites for hydroxylation is 2. The minimum absolute atomic E-state index is 0.186. The summed E-state index contributed by atoms with van der Waals surface area (Å²) >= 11 is 0. The molecule has 3 aromatic heterocycles. The minimum atomic E-state index is -3.85. The Bertz CT molecular complexity index is 1520.